The van der Waals surface area contributed by atoms with Crippen molar-refractivity contribution < 1.29 is 4.79 Å². The molecule has 124 valence electrons. The van der Waals surface area contributed by atoms with E-state index in [9.17, 15) is 4.79 Å². The average Bonchev–Trinajstić information content (AvgIpc) is 2.63. The van der Waals surface area contributed by atoms with Crippen LogP contribution in [0.4, 0.5) is 0 Å². The Balaban J connectivity index is 1.48. The number of benzene rings is 2. The summed E-state index contributed by atoms with van der Waals surface area (Å²) in [5.41, 5.74) is 3.20. The summed E-state index contributed by atoms with van der Waals surface area (Å²) in [5.74, 6) is 0.148. The van der Waals surface area contributed by atoms with Crippen molar-refractivity contribution in [3.8, 4) is 0 Å². The summed E-state index contributed by atoms with van der Waals surface area (Å²) in [6, 6.07) is 18.2. The highest BCUT2D eigenvalue weighted by molar-refractivity contribution is 5.94. The van der Waals surface area contributed by atoms with E-state index in [0.29, 0.717) is 0 Å². The molecule has 1 fully saturated rings. The number of piperazine rings is 1. The number of nitrogens with zero attached hydrogens (tertiary/aromatic N) is 2. The van der Waals surface area contributed by atoms with Gasteiger partial charge in [-0.05, 0) is 24.6 Å². The van der Waals surface area contributed by atoms with Crippen molar-refractivity contribution in [3.63, 3.8) is 0 Å². The molecule has 0 unspecified atom stereocenters. The summed E-state index contributed by atoms with van der Waals surface area (Å²) in [7, 11) is 0. The van der Waals surface area contributed by atoms with Gasteiger partial charge in [-0.1, -0.05) is 60.2 Å². The Bertz CT molecular complexity index is 684. The molecule has 0 atom stereocenters. The van der Waals surface area contributed by atoms with Crippen molar-refractivity contribution in [2.24, 2.45) is 0 Å². The highest BCUT2D eigenvalue weighted by atomic mass is 16.2. The Morgan fingerprint density at radius 3 is 2.29 bits per heavy atom. The number of hydrogen-bond donors (Lipinski definition) is 0. The summed E-state index contributed by atoms with van der Waals surface area (Å²) in [4.78, 5) is 16.9. The molecule has 1 aliphatic rings. The number of carbonyl (C=O) groups is 1. The molecule has 0 aromatic heterocycles. The van der Waals surface area contributed by atoms with Crippen LogP contribution < -0.4 is 0 Å². The number of amides is 1. The maximum Gasteiger partial charge on any atom is 0.253 e. The third-order valence-corrected chi connectivity index (χ3v) is 4.43. The zero-order valence-corrected chi connectivity index (χ0v) is 14.2. The minimum Gasteiger partial charge on any atom is -0.336 e. The van der Waals surface area contributed by atoms with Crippen molar-refractivity contribution in [1.82, 2.24) is 9.80 Å². The molecule has 1 amide bonds. The van der Waals surface area contributed by atoms with Gasteiger partial charge in [0.05, 0.1) is 0 Å². The smallest absolute Gasteiger partial charge is 0.253 e. The Labute approximate surface area is 144 Å². The maximum atomic E-state index is 12.5. The second-order valence-corrected chi connectivity index (χ2v) is 6.27. The maximum absolute atomic E-state index is 12.5. The molecule has 0 radical (unpaired) electrons. The second kappa shape index (κ2) is 7.93. The molecule has 0 aliphatic carbocycles. The predicted octanol–water partition coefficient (Wildman–Crippen LogP) is 3.47. The van der Waals surface area contributed by atoms with Crippen LogP contribution in [0, 0.1) is 6.92 Å². The molecule has 0 N–H and O–H groups in total. The van der Waals surface area contributed by atoms with Crippen molar-refractivity contribution in [2.75, 3.05) is 32.7 Å². The predicted molar refractivity (Wildman–Crippen MR) is 99.0 cm³/mol. The molecule has 3 heteroatoms. The first-order chi connectivity index (χ1) is 11.7. The van der Waals surface area contributed by atoms with E-state index in [2.05, 4.69) is 41.3 Å². The molecule has 2 aromatic carbocycles. The van der Waals surface area contributed by atoms with Gasteiger partial charge in [-0.3, -0.25) is 9.69 Å². The van der Waals surface area contributed by atoms with E-state index in [1.165, 1.54) is 11.1 Å². The highest BCUT2D eigenvalue weighted by Gasteiger charge is 2.21. The molecule has 3 rings (SSSR count). The van der Waals surface area contributed by atoms with Crippen molar-refractivity contribution in [1.29, 1.82) is 0 Å². The summed E-state index contributed by atoms with van der Waals surface area (Å²) in [5, 5.41) is 0. The molecule has 1 saturated heterocycles. The first-order valence-electron chi connectivity index (χ1n) is 8.52. The third kappa shape index (κ3) is 4.33. The Morgan fingerprint density at radius 1 is 0.958 bits per heavy atom. The third-order valence-electron chi connectivity index (χ3n) is 4.43. The summed E-state index contributed by atoms with van der Waals surface area (Å²) in [6.45, 7) is 6.42. The topological polar surface area (TPSA) is 23.6 Å². The number of aryl methyl sites for hydroxylation is 1. The molecule has 0 bridgehead atoms. The van der Waals surface area contributed by atoms with Gasteiger partial charge < -0.3 is 4.90 Å². The molecular weight excluding hydrogens is 296 g/mol. The van der Waals surface area contributed by atoms with Gasteiger partial charge in [0.25, 0.3) is 5.91 Å². The number of carbonyl (C=O) groups excluding carboxylic acids is 1. The zero-order valence-electron chi connectivity index (χ0n) is 14.2. The van der Waals surface area contributed by atoms with Gasteiger partial charge in [0, 0.05) is 38.3 Å². The van der Waals surface area contributed by atoms with Crippen molar-refractivity contribution in [3.05, 3.63) is 77.4 Å². The summed E-state index contributed by atoms with van der Waals surface area (Å²) < 4.78 is 0. The van der Waals surface area contributed by atoms with Gasteiger partial charge in [0.1, 0.15) is 0 Å². The van der Waals surface area contributed by atoms with E-state index in [4.69, 9.17) is 0 Å². The molecule has 2 aromatic rings. The fraction of sp³-hybridized carbons (Fsp3) is 0.286. The quantitative estimate of drug-likeness (QED) is 0.861. The van der Waals surface area contributed by atoms with Crippen LogP contribution in [0.2, 0.25) is 0 Å². The van der Waals surface area contributed by atoms with Gasteiger partial charge in [-0.2, -0.15) is 0 Å². The summed E-state index contributed by atoms with van der Waals surface area (Å²) >= 11 is 0. The van der Waals surface area contributed by atoms with Crippen LogP contribution in [0.15, 0.2) is 60.7 Å². The number of hydrogen-bond acceptors (Lipinski definition) is 2. The van der Waals surface area contributed by atoms with E-state index in [1.54, 1.807) is 0 Å². The first-order valence-corrected chi connectivity index (χ1v) is 8.52. The molecular formula is C21H24N2O. The minimum absolute atomic E-state index is 0.148. The van der Waals surface area contributed by atoms with Crippen LogP contribution in [-0.2, 0) is 0 Å². The lowest BCUT2D eigenvalue weighted by atomic mass is 10.1. The first kappa shape index (κ1) is 16.5. The molecule has 0 spiro atoms. The average molecular weight is 320 g/mol. The Morgan fingerprint density at radius 2 is 1.62 bits per heavy atom. The highest BCUT2D eigenvalue weighted by Crippen LogP contribution is 2.10. The van der Waals surface area contributed by atoms with E-state index < -0.39 is 0 Å². The van der Waals surface area contributed by atoms with E-state index >= 15 is 0 Å². The van der Waals surface area contributed by atoms with Gasteiger partial charge in [-0.25, -0.2) is 0 Å². The summed E-state index contributed by atoms with van der Waals surface area (Å²) in [6.07, 6.45) is 4.36. The molecule has 1 heterocycles. The van der Waals surface area contributed by atoms with E-state index in [0.717, 1.165) is 38.3 Å². The van der Waals surface area contributed by atoms with Crippen molar-refractivity contribution in [2.45, 2.75) is 6.92 Å². The lowest BCUT2D eigenvalue weighted by Crippen LogP contribution is -2.48. The fourth-order valence-electron chi connectivity index (χ4n) is 2.91. The second-order valence-electron chi connectivity index (χ2n) is 6.27. The van der Waals surface area contributed by atoms with Gasteiger partial charge in [0.2, 0.25) is 0 Å². The largest absolute Gasteiger partial charge is 0.336 e. The lowest BCUT2D eigenvalue weighted by molar-refractivity contribution is 0.0650. The monoisotopic (exact) mass is 320 g/mol. The van der Waals surface area contributed by atoms with Crippen LogP contribution in [0.3, 0.4) is 0 Å². The molecule has 24 heavy (non-hydrogen) atoms. The zero-order chi connectivity index (χ0) is 16.8. The van der Waals surface area contributed by atoms with E-state index in [1.807, 2.05) is 42.2 Å². The Hall–Kier alpha value is -2.39. The van der Waals surface area contributed by atoms with Gasteiger partial charge >= 0.3 is 0 Å². The normalized spacial score (nSPS) is 15.8. The molecule has 3 nitrogen and oxygen atoms in total. The Kier molecular flexibility index (Phi) is 5.44. The van der Waals surface area contributed by atoms with E-state index in [-0.39, 0.29) is 5.91 Å². The van der Waals surface area contributed by atoms with Crippen LogP contribution >= 0.6 is 0 Å². The van der Waals surface area contributed by atoms with Crippen LogP contribution in [0.5, 0.6) is 0 Å². The lowest BCUT2D eigenvalue weighted by Gasteiger charge is -2.34. The van der Waals surface area contributed by atoms with Crippen LogP contribution in [-0.4, -0.2) is 48.4 Å². The van der Waals surface area contributed by atoms with Gasteiger partial charge in [-0.15, -0.1) is 0 Å². The molecule has 0 saturated carbocycles. The van der Waals surface area contributed by atoms with Crippen LogP contribution in [0.25, 0.3) is 6.08 Å². The fourth-order valence-corrected chi connectivity index (χ4v) is 2.91. The number of rotatable bonds is 4. The van der Waals surface area contributed by atoms with Crippen molar-refractivity contribution >= 4 is 12.0 Å². The van der Waals surface area contributed by atoms with Crippen LogP contribution in [0.1, 0.15) is 21.5 Å². The molecule has 1 aliphatic heterocycles. The SMILES string of the molecule is Cc1ccc(C(=O)N2CCN(C/C=C/c3ccccc3)CC2)cc1. The standard InChI is InChI=1S/C21H24N2O/c1-18-9-11-20(12-10-18)21(24)23-16-14-22(15-17-23)13-5-8-19-6-3-2-4-7-19/h2-12H,13-17H2,1H3/b8-5+. The van der Waals surface area contributed by atoms with Gasteiger partial charge in [0.15, 0.2) is 0 Å². The minimum atomic E-state index is 0.148.